The predicted molar refractivity (Wildman–Crippen MR) is 66.7 cm³/mol. The van der Waals surface area contributed by atoms with Gasteiger partial charge in [-0.05, 0) is 24.3 Å². The Bertz CT molecular complexity index is 481. The summed E-state index contributed by atoms with van der Waals surface area (Å²) in [5.74, 6) is -1.15. The number of carboxylic acid groups (broad SMARTS) is 1. The first kappa shape index (κ1) is 14.5. The number of nitrogens with zero attached hydrogens (tertiary/aromatic N) is 1. The molecule has 0 aliphatic carbocycles. The van der Waals surface area contributed by atoms with Crippen LogP contribution in [0.25, 0.3) is 0 Å². The van der Waals surface area contributed by atoms with Crippen molar-refractivity contribution >= 4 is 17.8 Å². The average molecular weight is 266 g/mol. The van der Waals surface area contributed by atoms with E-state index < -0.39 is 11.9 Å². The molecule has 7 heteroatoms. The summed E-state index contributed by atoms with van der Waals surface area (Å²) in [4.78, 5) is 25.9. The van der Waals surface area contributed by atoms with Crippen molar-refractivity contribution in [3.05, 3.63) is 29.8 Å². The molecule has 1 aromatic carbocycles. The second-order valence-electron chi connectivity index (χ2n) is 3.56. The number of carboxylic acids is 1. The highest BCUT2D eigenvalue weighted by atomic mass is 16.7. The molecule has 7 nitrogen and oxygen atoms in total. The molecule has 0 spiro atoms. The van der Waals surface area contributed by atoms with Crippen molar-refractivity contribution in [3.8, 4) is 5.75 Å². The van der Waals surface area contributed by atoms with Crippen LogP contribution in [0.15, 0.2) is 29.4 Å². The van der Waals surface area contributed by atoms with E-state index in [1.54, 1.807) is 24.3 Å². The van der Waals surface area contributed by atoms with Crippen molar-refractivity contribution in [2.75, 3.05) is 7.11 Å². The van der Waals surface area contributed by atoms with Crippen molar-refractivity contribution in [2.24, 2.45) is 10.9 Å². The highest BCUT2D eigenvalue weighted by Gasteiger charge is 2.07. The lowest BCUT2D eigenvalue weighted by atomic mass is 10.2. The molecule has 0 aliphatic heterocycles. The molecule has 0 radical (unpaired) electrons. The van der Waals surface area contributed by atoms with E-state index in [2.05, 4.69) is 9.99 Å². The number of carbonyl (C=O) groups excluding carboxylic acids is 1. The lowest BCUT2D eigenvalue weighted by Gasteiger charge is -2.02. The van der Waals surface area contributed by atoms with E-state index in [0.717, 1.165) is 0 Å². The third-order valence-corrected chi connectivity index (χ3v) is 2.17. The number of carbonyl (C=O) groups is 2. The van der Waals surface area contributed by atoms with Crippen molar-refractivity contribution in [2.45, 2.75) is 12.8 Å². The molecule has 0 aliphatic rings. The fourth-order valence-electron chi connectivity index (χ4n) is 1.17. The summed E-state index contributed by atoms with van der Waals surface area (Å²) in [5, 5.41) is 11.8. The van der Waals surface area contributed by atoms with Crippen LogP contribution < -0.4 is 10.5 Å². The van der Waals surface area contributed by atoms with Gasteiger partial charge >= 0.3 is 11.9 Å². The van der Waals surface area contributed by atoms with Gasteiger partial charge in [-0.1, -0.05) is 5.16 Å². The van der Waals surface area contributed by atoms with Crippen LogP contribution in [0, 0.1) is 0 Å². The molecule has 19 heavy (non-hydrogen) atoms. The van der Waals surface area contributed by atoms with Gasteiger partial charge in [-0.3, -0.25) is 4.79 Å². The number of hydrogen-bond donors (Lipinski definition) is 2. The van der Waals surface area contributed by atoms with Crippen LogP contribution in [0.2, 0.25) is 0 Å². The summed E-state index contributed by atoms with van der Waals surface area (Å²) in [6, 6.07) is 6.68. The van der Waals surface area contributed by atoms with Crippen LogP contribution in [0.4, 0.5) is 0 Å². The molecule has 0 unspecified atom stereocenters. The summed E-state index contributed by atoms with van der Waals surface area (Å²) >= 11 is 0. The number of nitrogens with two attached hydrogens (primary N) is 1. The van der Waals surface area contributed by atoms with Crippen LogP contribution in [0.1, 0.15) is 18.4 Å². The quantitative estimate of drug-likeness (QED) is 0.339. The highest BCUT2D eigenvalue weighted by molar-refractivity contribution is 5.97. The van der Waals surface area contributed by atoms with Crippen LogP contribution in [0.5, 0.6) is 5.75 Å². The SMILES string of the molecule is COc1ccc(/C(N)=N/OC(=O)CCC(=O)O)cc1. The Balaban J connectivity index is 2.55. The van der Waals surface area contributed by atoms with Gasteiger partial charge in [0.2, 0.25) is 0 Å². The summed E-state index contributed by atoms with van der Waals surface area (Å²) in [6.45, 7) is 0. The molecule has 0 saturated heterocycles. The number of benzene rings is 1. The van der Waals surface area contributed by atoms with Crippen LogP contribution >= 0.6 is 0 Å². The molecule has 0 fully saturated rings. The minimum Gasteiger partial charge on any atom is -0.497 e. The van der Waals surface area contributed by atoms with Gasteiger partial charge in [-0.25, -0.2) is 4.79 Å². The lowest BCUT2D eigenvalue weighted by Crippen LogP contribution is -2.15. The normalized spacial score (nSPS) is 10.9. The largest absolute Gasteiger partial charge is 0.497 e. The molecule has 102 valence electrons. The van der Waals surface area contributed by atoms with Crippen LogP contribution in [-0.4, -0.2) is 30.0 Å². The van der Waals surface area contributed by atoms with Crippen molar-refractivity contribution in [3.63, 3.8) is 0 Å². The molecule has 0 saturated carbocycles. The summed E-state index contributed by atoms with van der Waals surface area (Å²) in [5.41, 5.74) is 6.17. The van der Waals surface area contributed by atoms with E-state index in [0.29, 0.717) is 11.3 Å². The first-order chi connectivity index (χ1) is 9.02. The fourth-order valence-corrected chi connectivity index (χ4v) is 1.17. The zero-order valence-corrected chi connectivity index (χ0v) is 10.3. The molecular formula is C12H14N2O5. The van der Waals surface area contributed by atoms with E-state index in [4.69, 9.17) is 15.6 Å². The van der Waals surface area contributed by atoms with Crippen molar-refractivity contribution < 1.29 is 24.3 Å². The predicted octanol–water partition coefficient (Wildman–Crippen LogP) is 0.723. The number of ether oxygens (including phenoxy) is 1. The smallest absolute Gasteiger partial charge is 0.335 e. The Hall–Kier alpha value is -2.57. The number of oxime groups is 1. The lowest BCUT2D eigenvalue weighted by molar-refractivity contribution is -0.147. The van der Waals surface area contributed by atoms with Gasteiger partial charge in [0, 0.05) is 5.56 Å². The number of rotatable bonds is 6. The number of aliphatic carboxylic acids is 1. The van der Waals surface area contributed by atoms with E-state index in [9.17, 15) is 9.59 Å². The maximum absolute atomic E-state index is 11.1. The molecule has 3 N–H and O–H groups in total. The van der Waals surface area contributed by atoms with E-state index >= 15 is 0 Å². The minimum absolute atomic E-state index is 0.0197. The van der Waals surface area contributed by atoms with E-state index in [1.165, 1.54) is 7.11 Å². The minimum atomic E-state index is -1.08. The van der Waals surface area contributed by atoms with E-state index in [1.807, 2.05) is 0 Å². The molecule has 0 bridgehead atoms. The number of hydrogen-bond acceptors (Lipinski definition) is 5. The van der Waals surface area contributed by atoms with Gasteiger partial charge in [0.15, 0.2) is 5.84 Å². The zero-order chi connectivity index (χ0) is 14.3. The third-order valence-electron chi connectivity index (χ3n) is 2.17. The Morgan fingerprint density at radius 3 is 2.42 bits per heavy atom. The molecule has 1 aromatic rings. The highest BCUT2D eigenvalue weighted by Crippen LogP contribution is 2.11. The van der Waals surface area contributed by atoms with Gasteiger partial charge in [0.05, 0.1) is 20.0 Å². The first-order valence-corrected chi connectivity index (χ1v) is 5.42. The second kappa shape index (κ2) is 7.00. The molecule has 0 amide bonds. The molecule has 0 heterocycles. The Labute approximate surface area is 109 Å². The van der Waals surface area contributed by atoms with Gasteiger partial charge < -0.3 is 20.4 Å². The fraction of sp³-hybridized carbons (Fsp3) is 0.250. The average Bonchev–Trinajstić information content (AvgIpc) is 2.42. The standard InChI is InChI=1S/C12H14N2O5/c1-18-9-4-2-8(3-5-9)12(13)14-19-11(17)7-6-10(15)16/h2-5H,6-7H2,1H3,(H2,13,14)(H,15,16). The van der Waals surface area contributed by atoms with Gasteiger partial charge in [0.1, 0.15) is 5.75 Å². The van der Waals surface area contributed by atoms with Gasteiger partial charge in [0.25, 0.3) is 0 Å². The molecular weight excluding hydrogens is 252 g/mol. The van der Waals surface area contributed by atoms with E-state index in [-0.39, 0.29) is 18.7 Å². The van der Waals surface area contributed by atoms with Gasteiger partial charge in [-0.15, -0.1) is 0 Å². The van der Waals surface area contributed by atoms with Crippen molar-refractivity contribution in [1.29, 1.82) is 0 Å². The van der Waals surface area contributed by atoms with Gasteiger partial charge in [-0.2, -0.15) is 0 Å². The molecule has 0 aromatic heterocycles. The maximum atomic E-state index is 11.1. The Morgan fingerprint density at radius 2 is 1.89 bits per heavy atom. The molecule has 1 rings (SSSR count). The van der Waals surface area contributed by atoms with Crippen LogP contribution in [0.3, 0.4) is 0 Å². The first-order valence-electron chi connectivity index (χ1n) is 5.42. The zero-order valence-electron chi connectivity index (χ0n) is 10.3. The molecule has 0 atom stereocenters. The summed E-state index contributed by atoms with van der Waals surface area (Å²) in [6.07, 6.45) is -0.564. The third kappa shape index (κ3) is 5.07. The second-order valence-corrected chi connectivity index (χ2v) is 3.56. The Morgan fingerprint density at radius 1 is 1.26 bits per heavy atom. The maximum Gasteiger partial charge on any atom is 0.335 e. The topological polar surface area (TPSA) is 111 Å². The van der Waals surface area contributed by atoms with Crippen molar-refractivity contribution in [1.82, 2.24) is 0 Å². The monoisotopic (exact) mass is 266 g/mol. The summed E-state index contributed by atoms with van der Waals surface area (Å²) < 4.78 is 4.98. The summed E-state index contributed by atoms with van der Waals surface area (Å²) in [7, 11) is 1.54. The van der Waals surface area contributed by atoms with Crippen LogP contribution in [-0.2, 0) is 14.4 Å². The number of amidine groups is 1. The number of methoxy groups -OCH3 is 1. The Kier molecular flexibility index (Phi) is 5.34.